The van der Waals surface area contributed by atoms with Crippen LogP contribution < -0.4 is 15.4 Å². The lowest BCUT2D eigenvalue weighted by Crippen LogP contribution is -2.33. The highest BCUT2D eigenvalue weighted by molar-refractivity contribution is 5.85. The maximum Gasteiger partial charge on any atom is 0.220 e. The van der Waals surface area contributed by atoms with Gasteiger partial charge in [0.15, 0.2) is 0 Å². The molecule has 0 aromatic heterocycles. The molecule has 2 N–H and O–H groups in total. The molecule has 1 saturated heterocycles. The van der Waals surface area contributed by atoms with E-state index in [4.69, 9.17) is 4.74 Å². The molecule has 2 rings (SSSR count). The van der Waals surface area contributed by atoms with Crippen LogP contribution >= 0.6 is 12.4 Å². The summed E-state index contributed by atoms with van der Waals surface area (Å²) in [6.45, 7) is 4.17. The van der Waals surface area contributed by atoms with E-state index in [1.807, 2.05) is 24.3 Å². The number of nitrogens with one attached hydrogen (secondary N) is 2. The summed E-state index contributed by atoms with van der Waals surface area (Å²) in [5.41, 5.74) is 1.14. The molecule has 0 saturated carbocycles. The van der Waals surface area contributed by atoms with Gasteiger partial charge in [-0.2, -0.15) is 0 Å². The molecule has 0 radical (unpaired) electrons. The van der Waals surface area contributed by atoms with Crippen LogP contribution in [0.1, 0.15) is 44.2 Å². The molecule has 0 spiro atoms. The standard InChI is InChI=1S/C17H26N2O2.ClH/c1-3-16(14-4-6-15(21-2)7-5-14)19-17(20)12-13-8-10-18-11-9-13;/h4-7,13,16,18H,3,8-12H2,1-2H3,(H,19,20);1H. The fourth-order valence-electron chi connectivity index (χ4n) is 2.86. The van der Waals surface area contributed by atoms with E-state index in [0.717, 1.165) is 43.7 Å². The third-order valence-electron chi connectivity index (χ3n) is 4.19. The van der Waals surface area contributed by atoms with Gasteiger partial charge >= 0.3 is 0 Å². The zero-order valence-corrected chi connectivity index (χ0v) is 14.2. The van der Waals surface area contributed by atoms with Gasteiger partial charge in [-0.25, -0.2) is 0 Å². The minimum absolute atomic E-state index is 0. The van der Waals surface area contributed by atoms with E-state index in [2.05, 4.69) is 17.6 Å². The van der Waals surface area contributed by atoms with Crippen molar-refractivity contribution in [1.29, 1.82) is 0 Å². The zero-order valence-electron chi connectivity index (χ0n) is 13.4. The first-order valence-electron chi connectivity index (χ1n) is 7.87. The van der Waals surface area contributed by atoms with Crippen LogP contribution in [-0.2, 0) is 4.79 Å². The monoisotopic (exact) mass is 326 g/mol. The lowest BCUT2D eigenvalue weighted by Gasteiger charge is -2.24. The Morgan fingerprint density at radius 3 is 2.50 bits per heavy atom. The molecule has 5 heteroatoms. The summed E-state index contributed by atoms with van der Waals surface area (Å²) in [6.07, 6.45) is 3.75. The Hall–Kier alpha value is -1.26. The first-order chi connectivity index (χ1) is 10.2. The van der Waals surface area contributed by atoms with Crippen LogP contribution in [-0.4, -0.2) is 26.1 Å². The molecule has 1 unspecified atom stereocenters. The lowest BCUT2D eigenvalue weighted by molar-refractivity contribution is -0.123. The Bertz CT molecular complexity index is 444. The van der Waals surface area contributed by atoms with Gasteiger partial charge in [-0.1, -0.05) is 19.1 Å². The number of ether oxygens (including phenoxy) is 1. The second-order valence-corrected chi connectivity index (χ2v) is 5.70. The molecule has 1 aromatic rings. The fourth-order valence-corrected chi connectivity index (χ4v) is 2.86. The topological polar surface area (TPSA) is 50.4 Å². The Kier molecular flexibility index (Phi) is 8.28. The van der Waals surface area contributed by atoms with E-state index in [1.54, 1.807) is 7.11 Å². The number of carbonyl (C=O) groups excluding carboxylic acids is 1. The summed E-state index contributed by atoms with van der Waals surface area (Å²) >= 11 is 0. The van der Waals surface area contributed by atoms with E-state index in [1.165, 1.54) is 0 Å². The van der Waals surface area contributed by atoms with Gasteiger partial charge in [0.05, 0.1) is 13.2 Å². The van der Waals surface area contributed by atoms with Crippen LogP contribution in [0.25, 0.3) is 0 Å². The van der Waals surface area contributed by atoms with Crippen molar-refractivity contribution in [3.05, 3.63) is 29.8 Å². The quantitative estimate of drug-likeness (QED) is 0.844. The highest BCUT2D eigenvalue weighted by atomic mass is 35.5. The number of halogens is 1. The number of piperidine rings is 1. The zero-order chi connectivity index (χ0) is 15.1. The number of hydrogen-bond donors (Lipinski definition) is 2. The predicted molar refractivity (Wildman–Crippen MR) is 91.6 cm³/mol. The second kappa shape index (κ2) is 9.70. The predicted octanol–water partition coefficient (Wildman–Crippen LogP) is 3.07. The van der Waals surface area contributed by atoms with Crippen LogP contribution in [0.3, 0.4) is 0 Å². The number of hydrogen-bond acceptors (Lipinski definition) is 3. The van der Waals surface area contributed by atoms with Gasteiger partial charge in [0.25, 0.3) is 0 Å². The molecule has 22 heavy (non-hydrogen) atoms. The van der Waals surface area contributed by atoms with Crippen molar-refractivity contribution in [1.82, 2.24) is 10.6 Å². The molecule has 1 heterocycles. The Balaban J connectivity index is 0.00000242. The number of benzene rings is 1. The Morgan fingerprint density at radius 2 is 1.95 bits per heavy atom. The molecule has 0 bridgehead atoms. The minimum Gasteiger partial charge on any atom is -0.497 e. The van der Waals surface area contributed by atoms with Gasteiger partial charge in [0, 0.05) is 6.42 Å². The maximum atomic E-state index is 12.2. The lowest BCUT2D eigenvalue weighted by atomic mass is 9.94. The molecule has 0 aliphatic carbocycles. The summed E-state index contributed by atoms with van der Waals surface area (Å²) in [6, 6.07) is 8.02. The molecule has 1 amide bonds. The molecule has 4 nitrogen and oxygen atoms in total. The first kappa shape index (κ1) is 18.8. The van der Waals surface area contributed by atoms with Crippen LogP contribution in [0.4, 0.5) is 0 Å². The Labute approximate surface area is 139 Å². The third kappa shape index (κ3) is 5.50. The summed E-state index contributed by atoms with van der Waals surface area (Å²) < 4.78 is 5.17. The summed E-state index contributed by atoms with van der Waals surface area (Å²) in [4.78, 5) is 12.2. The average molecular weight is 327 g/mol. The van der Waals surface area contributed by atoms with Crippen molar-refractivity contribution in [2.75, 3.05) is 20.2 Å². The molecular formula is C17H27ClN2O2. The van der Waals surface area contributed by atoms with Gasteiger partial charge in [0.2, 0.25) is 5.91 Å². The number of carbonyl (C=O) groups is 1. The molecule has 1 fully saturated rings. The average Bonchev–Trinajstić information content (AvgIpc) is 2.53. The molecule has 1 aliphatic rings. The van der Waals surface area contributed by atoms with Crippen molar-refractivity contribution in [3.8, 4) is 5.75 Å². The number of rotatable bonds is 6. The molecule has 1 aliphatic heterocycles. The molecule has 1 aromatic carbocycles. The third-order valence-corrected chi connectivity index (χ3v) is 4.19. The van der Waals surface area contributed by atoms with Gasteiger partial charge in [-0.3, -0.25) is 4.79 Å². The van der Waals surface area contributed by atoms with E-state index in [-0.39, 0.29) is 24.4 Å². The largest absolute Gasteiger partial charge is 0.497 e. The van der Waals surface area contributed by atoms with Crippen LogP contribution in [0.5, 0.6) is 5.75 Å². The van der Waals surface area contributed by atoms with Crippen LogP contribution in [0.2, 0.25) is 0 Å². The molecule has 124 valence electrons. The highest BCUT2D eigenvalue weighted by Gasteiger charge is 2.19. The summed E-state index contributed by atoms with van der Waals surface area (Å²) in [7, 11) is 1.66. The number of amides is 1. The second-order valence-electron chi connectivity index (χ2n) is 5.70. The van der Waals surface area contributed by atoms with E-state index in [0.29, 0.717) is 12.3 Å². The molecule has 1 atom stereocenters. The summed E-state index contributed by atoms with van der Waals surface area (Å²) in [5.74, 6) is 1.54. The van der Waals surface area contributed by atoms with E-state index >= 15 is 0 Å². The van der Waals surface area contributed by atoms with Gasteiger partial charge in [0.1, 0.15) is 5.75 Å². The van der Waals surface area contributed by atoms with Gasteiger partial charge in [-0.05, 0) is 56.0 Å². The van der Waals surface area contributed by atoms with Crippen molar-refractivity contribution in [2.45, 2.75) is 38.6 Å². The minimum atomic E-state index is 0. The maximum absolute atomic E-state index is 12.2. The first-order valence-corrected chi connectivity index (χ1v) is 7.87. The smallest absolute Gasteiger partial charge is 0.220 e. The fraction of sp³-hybridized carbons (Fsp3) is 0.588. The molecular weight excluding hydrogens is 300 g/mol. The van der Waals surface area contributed by atoms with Crippen LogP contribution in [0.15, 0.2) is 24.3 Å². The number of methoxy groups -OCH3 is 1. The van der Waals surface area contributed by atoms with Crippen molar-refractivity contribution in [2.24, 2.45) is 5.92 Å². The summed E-state index contributed by atoms with van der Waals surface area (Å²) in [5, 5.41) is 6.50. The Morgan fingerprint density at radius 1 is 1.32 bits per heavy atom. The normalized spacial score (nSPS) is 16.5. The van der Waals surface area contributed by atoms with Crippen molar-refractivity contribution < 1.29 is 9.53 Å². The van der Waals surface area contributed by atoms with Crippen LogP contribution in [0, 0.1) is 5.92 Å². The van der Waals surface area contributed by atoms with E-state index in [9.17, 15) is 4.79 Å². The van der Waals surface area contributed by atoms with E-state index < -0.39 is 0 Å². The van der Waals surface area contributed by atoms with Gasteiger partial charge < -0.3 is 15.4 Å². The van der Waals surface area contributed by atoms with Crippen molar-refractivity contribution >= 4 is 18.3 Å². The van der Waals surface area contributed by atoms with Crippen molar-refractivity contribution in [3.63, 3.8) is 0 Å². The van der Waals surface area contributed by atoms with Gasteiger partial charge in [-0.15, -0.1) is 12.4 Å². The highest BCUT2D eigenvalue weighted by Crippen LogP contribution is 2.21. The SMILES string of the molecule is CCC(NC(=O)CC1CCNCC1)c1ccc(OC)cc1.Cl.